The molecule has 0 aromatic carbocycles. The molecule has 0 saturated heterocycles. The molecule has 5 nitrogen and oxygen atoms in total. The minimum Gasteiger partial charge on any atom is -0.393 e. The Hall–Kier alpha value is -1.49. The average molecular weight is 221 g/mol. The number of hydrogen-bond donors (Lipinski definition) is 2. The van der Waals surface area contributed by atoms with Crippen LogP contribution in [0.1, 0.15) is 29.8 Å². The second-order valence-electron chi connectivity index (χ2n) is 4.04. The van der Waals surface area contributed by atoms with Crippen LogP contribution < -0.4 is 5.32 Å². The lowest BCUT2D eigenvalue weighted by atomic mass is 10.1. The van der Waals surface area contributed by atoms with Gasteiger partial charge in [0.25, 0.3) is 5.91 Å². The number of amides is 1. The Morgan fingerprint density at radius 3 is 3.00 bits per heavy atom. The molecule has 1 amide bonds. The Balaban J connectivity index is 1.71. The maximum Gasteiger partial charge on any atom is 0.271 e. The van der Waals surface area contributed by atoms with Gasteiger partial charge in [0, 0.05) is 18.9 Å². The molecule has 1 fully saturated rings. The van der Waals surface area contributed by atoms with Crippen LogP contribution in [0.3, 0.4) is 0 Å². The van der Waals surface area contributed by atoms with Crippen molar-refractivity contribution in [2.45, 2.75) is 25.4 Å². The molecule has 1 heterocycles. The van der Waals surface area contributed by atoms with Crippen LogP contribution in [0.25, 0.3) is 0 Å². The Bertz CT molecular complexity index is 352. The molecule has 2 N–H and O–H groups in total. The van der Waals surface area contributed by atoms with Gasteiger partial charge in [0.05, 0.1) is 12.3 Å². The zero-order chi connectivity index (χ0) is 11.4. The van der Waals surface area contributed by atoms with E-state index >= 15 is 0 Å². The average Bonchev–Trinajstić information content (AvgIpc) is 3.14. The van der Waals surface area contributed by atoms with Crippen molar-refractivity contribution in [1.82, 2.24) is 15.3 Å². The third-order valence-corrected chi connectivity index (χ3v) is 2.69. The highest BCUT2D eigenvalue weighted by atomic mass is 16.3. The molecule has 1 aromatic heterocycles. The summed E-state index contributed by atoms with van der Waals surface area (Å²) in [5.41, 5.74) is 0.309. The predicted octanol–water partition coefficient (Wildman–Crippen LogP) is 0.367. The van der Waals surface area contributed by atoms with Gasteiger partial charge in [-0.05, 0) is 25.2 Å². The molecule has 1 unspecified atom stereocenters. The minimum absolute atomic E-state index is 0.240. The van der Waals surface area contributed by atoms with Crippen molar-refractivity contribution in [3.05, 3.63) is 24.3 Å². The maximum atomic E-state index is 11.5. The Kier molecular flexibility index (Phi) is 3.46. The van der Waals surface area contributed by atoms with Gasteiger partial charge in [-0.2, -0.15) is 0 Å². The summed E-state index contributed by atoms with van der Waals surface area (Å²) < 4.78 is 0. The van der Waals surface area contributed by atoms with E-state index in [1.807, 2.05) is 0 Å². The third-order valence-electron chi connectivity index (χ3n) is 2.69. The number of nitrogens with one attached hydrogen (secondary N) is 1. The lowest BCUT2D eigenvalue weighted by Crippen LogP contribution is -2.28. The highest BCUT2D eigenvalue weighted by Gasteiger charge is 2.29. The quantitative estimate of drug-likeness (QED) is 0.753. The van der Waals surface area contributed by atoms with E-state index in [1.165, 1.54) is 18.6 Å². The molecule has 16 heavy (non-hydrogen) atoms. The standard InChI is InChI=1S/C11H15N3O2/c15-10(8-1-2-8)3-4-14-11(16)9-7-12-5-6-13-9/h5-8,10,15H,1-4H2,(H,14,16). The monoisotopic (exact) mass is 221 g/mol. The third kappa shape index (κ3) is 3.00. The van der Waals surface area contributed by atoms with Gasteiger partial charge < -0.3 is 10.4 Å². The van der Waals surface area contributed by atoms with Gasteiger partial charge >= 0.3 is 0 Å². The zero-order valence-electron chi connectivity index (χ0n) is 8.97. The summed E-state index contributed by atoms with van der Waals surface area (Å²) in [6, 6.07) is 0. The number of carbonyl (C=O) groups is 1. The lowest BCUT2D eigenvalue weighted by molar-refractivity contribution is 0.0931. The van der Waals surface area contributed by atoms with E-state index in [-0.39, 0.29) is 12.0 Å². The minimum atomic E-state index is -0.276. The van der Waals surface area contributed by atoms with Crippen LogP contribution in [0.2, 0.25) is 0 Å². The SMILES string of the molecule is O=C(NCCC(O)C1CC1)c1cnccn1. The van der Waals surface area contributed by atoms with Crippen molar-refractivity contribution < 1.29 is 9.90 Å². The maximum absolute atomic E-state index is 11.5. The summed E-state index contributed by atoms with van der Waals surface area (Å²) in [6.45, 7) is 0.479. The molecule has 1 atom stereocenters. The molecule has 1 aromatic rings. The van der Waals surface area contributed by atoms with Crippen LogP contribution in [0.15, 0.2) is 18.6 Å². The van der Waals surface area contributed by atoms with Crippen molar-refractivity contribution in [3.8, 4) is 0 Å². The second kappa shape index (κ2) is 5.03. The van der Waals surface area contributed by atoms with Gasteiger partial charge in [0.2, 0.25) is 0 Å². The highest BCUT2D eigenvalue weighted by molar-refractivity contribution is 5.91. The van der Waals surface area contributed by atoms with Gasteiger partial charge in [0.1, 0.15) is 5.69 Å². The molecule has 0 aliphatic heterocycles. The topological polar surface area (TPSA) is 75.1 Å². The van der Waals surface area contributed by atoms with Crippen LogP contribution in [-0.2, 0) is 0 Å². The molecular formula is C11H15N3O2. The molecule has 1 aliphatic rings. The fourth-order valence-electron chi connectivity index (χ4n) is 1.56. The zero-order valence-corrected chi connectivity index (χ0v) is 8.97. The molecule has 1 saturated carbocycles. The summed E-state index contributed by atoms with van der Waals surface area (Å²) in [7, 11) is 0. The number of carbonyl (C=O) groups excluding carboxylic acids is 1. The van der Waals surface area contributed by atoms with Crippen molar-refractivity contribution in [2.75, 3.05) is 6.54 Å². The van der Waals surface area contributed by atoms with E-state index in [9.17, 15) is 9.90 Å². The van der Waals surface area contributed by atoms with Crippen LogP contribution in [-0.4, -0.2) is 33.6 Å². The van der Waals surface area contributed by atoms with E-state index in [0.29, 0.717) is 24.6 Å². The van der Waals surface area contributed by atoms with Crippen LogP contribution in [0.5, 0.6) is 0 Å². The number of aliphatic hydroxyl groups is 1. The first-order valence-corrected chi connectivity index (χ1v) is 5.49. The number of aromatic nitrogens is 2. The first-order valence-electron chi connectivity index (χ1n) is 5.49. The fraction of sp³-hybridized carbons (Fsp3) is 0.545. The predicted molar refractivity (Wildman–Crippen MR) is 57.7 cm³/mol. The smallest absolute Gasteiger partial charge is 0.271 e. The number of rotatable bonds is 5. The molecular weight excluding hydrogens is 206 g/mol. The van der Waals surface area contributed by atoms with Crippen LogP contribution >= 0.6 is 0 Å². The Morgan fingerprint density at radius 1 is 1.56 bits per heavy atom. The van der Waals surface area contributed by atoms with Gasteiger partial charge in [-0.3, -0.25) is 9.78 Å². The van der Waals surface area contributed by atoms with Gasteiger partial charge in [-0.15, -0.1) is 0 Å². The highest BCUT2D eigenvalue weighted by Crippen LogP contribution is 2.33. The molecule has 0 radical (unpaired) electrons. The largest absolute Gasteiger partial charge is 0.393 e. The number of nitrogens with zero attached hydrogens (tertiary/aromatic N) is 2. The van der Waals surface area contributed by atoms with E-state index in [0.717, 1.165) is 12.8 Å². The molecule has 0 bridgehead atoms. The summed E-state index contributed by atoms with van der Waals surface area (Å²) in [5.74, 6) is 0.213. The van der Waals surface area contributed by atoms with Crippen molar-refractivity contribution in [3.63, 3.8) is 0 Å². The molecule has 86 valence electrons. The second-order valence-corrected chi connectivity index (χ2v) is 4.04. The Morgan fingerprint density at radius 2 is 2.38 bits per heavy atom. The van der Waals surface area contributed by atoms with Crippen molar-refractivity contribution in [1.29, 1.82) is 0 Å². The summed E-state index contributed by atoms with van der Waals surface area (Å²) in [5, 5.41) is 12.3. The number of hydrogen-bond acceptors (Lipinski definition) is 4. The van der Waals surface area contributed by atoms with E-state index in [4.69, 9.17) is 0 Å². The van der Waals surface area contributed by atoms with Crippen LogP contribution in [0.4, 0.5) is 0 Å². The van der Waals surface area contributed by atoms with Gasteiger partial charge in [0.15, 0.2) is 0 Å². The molecule has 5 heteroatoms. The van der Waals surface area contributed by atoms with E-state index < -0.39 is 0 Å². The molecule has 2 rings (SSSR count). The Labute approximate surface area is 93.9 Å². The van der Waals surface area contributed by atoms with Gasteiger partial charge in [-0.25, -0.2) is 4.98 Å². The normalized spacial score (nSPS) is 16.8. The van der Waals surface area contributed by atoms with E-state index in [1.54, 1.807) is 0 Å². The van der Waals surface area contributed by atoms with Crippen LogP contribution in [0, 0.1) is 5.92 Å². The lowest BCUT2D eigenvalue weighted by Gasteiger charge is -2.09. The number of aliphatic hydroxyl groups excluding tert-OH is 1. The van der Waals surface area contributed by atoms with Gasteiger partial charge in [-0.1, -0.05) is 0 Å². The summed E-state index contributed by atoms with van der Waals surface area (Å²) in [4.78, 5) is 19.2. The van der Waals surface area contributed by atoms with Crippen molar-refractivity contribution in [2.24, 2.45) is 5.92 Å². The van der Waals surface area contributed by atoms with Crippen molar-refractivity contribution >= 4 is 5.91 Å². The van der Waals surface area contributed by atoms with E-state index in [2.05, 4.69) is 15.3 Å². The molecule has 1 aliphatic carbocycles. The fourth-order valence-corrected chi connectivity index (χ4v) is 1.56. The first kappa shape index (κ1) is 11.0. The summed E-state index contributed by atoms with van der Waals surface area (Å²) in [6.07, 6.45) is 6.98. The first-order chi connectivity index (χ1) is 7.77. The summed E-state index contributed by atoms with van der Waals surface area (Å²) >= 11 is 0. The molecule has 0 spiro atoms.